The van der Waals surface area contributed by atoms with Crippen LogP contribution in [0.15, 0.2) is 18.2 Å². The molecule has 1 N–H and O–H groups in total. The van der Waals surface area contributed by atoms with E-state index in [1.165, 1.54) is 6.42 Å². The van der Waals surface area contributed by atoms with Gasteiger partial charge in [0.1, 0.15) is 0 Å². The van der Waals surface area contributed by atoms with Crippen LogP contribution in [0.3, 0.4) is 0 Å². The SMILES string of the molecule is Cc1ccc(C(=O)N2C[C@H](C)C[C@H](C)C2)cc1NC(=O)C[C@H]1CCCO1. The van der Waals surface area contributed by atoms with Crippen LogP contribution < -0.4 is 5.32 Å². The van der Waals surface area contributed by atoms with Gasteiger partial charge in [-0.2, -0.15) is 0 Å². The molecule has 0 saturated carbocycles. The van der Waals surface area contributed by atoms with Gasteiger partial charge in [0, 0.05) is 30.9 Å². The number of amides is 2. The Morgan fingerprint density at radius 2 is 1.96 bits per heavy atom. The standard InChI is InChI=1S/C21H30N2O3/c1-14-9-15(2)13-23(12-14)21(25)17-7-6-16(3)19(10-17)22-20(24)11-18-5-4-8-26-18/h6-7,10,14-15,18H,4-5,8-9,11-13H2,1-3H3,(H,22,24)/t14-,15+,18-/m1/s1. The van der Waals surface area contributed by atoms with Crippen LogP contribution in [-0.4, -0.2) is 42.5 Å². The first-order chi connectivity index (χ1) is 12.4. The van der Waals surface area contributed by atoms with E-state index in [0.29, 0.717) is 23.8 Å². The molecule has 2 heterocycles. The molecule has 26 heavy (non-hydrogen) atoms. The van der Waals surface area contributed by atoms with Crippen LogP contribution in [0.1, 0.15) is 55.5 Å². The number of hydrogen-bond donors (Lipinski definition) is 1. The van der Waals surface area contributed by atoms with E-state index in [2.05, 4.69) is 19.2 Å². The van der Waals surface area contributed by atoms with E-state index in [-0.39, 0.29) is 17.9 Å². The fraction of sp³-hybridized carbons (Fsp3) is 0.619. The summed E-state index contributed by atoms with van der Waals surface area (Å²) < 4.78 is 5.53. The van der Waals surface area contributed by atoms with Crippen molar-refractivity contribution in [3.63, 3.8) is 0 Å². The number of hydrogen-bond acceptors (Lipinski definition) is 3. The van der Waals surface area contributed by atoms with Crippen molar-refractivity contribution < 1.29 is 14.3 Å². The molecule has 1 aromatic rings. The van der Waals surface area contributed by atoms with Crippen molar-refractivity contribution in [2.75, 3.05) is 25.0 Å². The molecule has 142 valence electrons. The summed E-state index contributed by atoms with van der Waals surface area (Å²) in [5.41, 5.74) is 2.32. The minimum absolute atomic E-state index is 0.0245. The molecule has 2 aliphatic heterocycles. The third-order valence-corrected chi connectivity index (χ3v) is 5.35. The maximum atomic E-state index is 12.9. The zero-order chi connectivity index (χ0) is 18.7. The molecule has 0 unspecified atom stereocenters. The molecule has 1 aromatic carbocycles. The molecule has 2 amide bonds. The Hall–Kier alpha value is -1.88. The summed E-state index contributed by atoms with van der Waals surface area (Å²) >= 11 is 0. The first-order valence-corrected chi connectivity index (χ1v) is 9.73. The van der Waals surface area contributed by atoms with Crippen molar-refractivity contribution in [2.24, 2.45) is 11.8 Å². The van der Waals surface area contributed by atoms with Gasteiger partial charge in [-0.05, 0) is 55.7 Å². The zero-order valence-corrected chi connectivity index (χ0v) is 16.1. The minimum atomic E-state index is -0.0511. The average molecular weight is 358 g/mol. The van der Waals surface area contributed by atoms with E-state index in [4.69, 9.17) is 4.74 Å². The molecule has 2 fully saturated rings. The van der Waals surface area contributed by atoms with Gasteiger partial charge in [0.2, 0.25) is 5.91 Å². The molecule has 5 nitrogen and oxygen atoms in total. The molecule has 3 rings (SSSR count). The van der Waals surface area contributed by atoms with Gasteiger partial charge < -0.3 is 15.0 Å². The number of carbonyl (C=O) groups is 2. The summed E-state index contributed by atoms with van der Waals surface area (Å²) in [7, 11) is 0. The molecule has 5 heteroatoms. The van der Waals surface area contributed by atoms with Crippen molar-refractivity contribution in [3.8, 4) is 0 Å². The van der Waals surface area contributed by atoms with Crippen LogP contribution in [-0.2, 0) is 9.53 Å². The fourth-order valence-corrected chi connectivity index (χ4v) is 4.11. The highest BCUT2D eigenvalue weighted by molar-refractivity contribution is 5.98. The fourth-order valence-electron chi connectivity index (χ4n) is 4.11. The normalized spacial score (nSPS) is 26.0. The highest BCUT2D eigenvalue weighted by Gasteiger charge is 2.26. The summed E-state index contributed by atoms with van der Waals surface area (Å²) in [4.78, 5) is 27.2. The molecular weight excluding hydrogens is 328 g/mol. The molecular formula is C21H30N2O3. The Bertz CT molecular complexity index is 657. The summed E-state index contributed by atoms with van der Waals surface area (Å²) in [6, 6.07) is 5.58. The van der Waals surface area contributed by atoms with Gasteiger partial charge in [0.15, 0.2) is 0 Å². The summed E-state index contributed by atoms with van der Waals surface area (Å²) in [5, 5.41) is 2.96. The zero-order valence-electron chi connectivity index (χ0n) is 16.1. The van der Waals surface area contributed by atoms with Crippen LogP contribution in [0.25, 0.3) is 0 Å². The first-order valence-electron chi connectivity index (χ1n) is 9.73. The molecule has 0 radical (unpaired) electrons. The van der Waals surface area contributed by atoms with E-state index in [9.17, 15) is 9.59 Å². The van der Waals surface area contributed by atoms with Crippen LogP contribution in [0.5, 0.6) is 0 Å². The second kappa shape index (κ2) is 8.21. The lowest BCUT2D eigenvalue weighted by atomic mass is 9.91. The van der Waals surface area contributed by atoms with E-state index >= 15 is 0 Å². The maximum Gasteiger partial charge on any atom is 0.253 e. The Balaban J connectivity index is 1.68. The molecule has 0 bridgehead atoms. The van der Waals surface area contributed by atoms with Crippen LogP contribution in [0, 0.1) is 18.8 Å². The van der Waals surface area contributed by atoms with Gasteiger partial charge >= 0.3 is 0 Å². The average Bonchev–Trinajstić information content (AvgIpc) is 3.08. The topological polar surface area (TPSA) is 58.6 Å². The van der Waals surface area contributed by atoms with Crippen molar-refractivity contribution in [1.82, 2.24) is 4.90 Å². The van der Waals surface area contributed by atoms with Crippen molar-refractivity contribution in [2.45, 2.75) is 52.6 Å². The Labute approximate surface area is 156 Å². The second-order valence-electron chi connectivity index (χ2n) is 8.07. The minimum Gasteiger partial charge on any atom is -0.378 e. The number of piperidine rings is 1. The van der Waals surface area contributed by atoms with Gasteiger partial charge in [-0.15, -0.1) is 0 Å². The maximum absolute atomic E-state index is 12.9. The smallest absolute Gasteiger partial charge is 0.253 e. The van der Waals surface area contributed by atoms with E-state index < -0.39 is 0 Å². The number of benzene rings is 1. The quantitative estimate of drug-likeness (QED) is 0.894. The number of nitrogens with zero attached hydrogens (tertiary/aromatic N) is 1. The monoisotopic (exact) mass is 358 g/mol. The van der Waals surface area contributed by atoms with Crippen LogP contribution in [0.2, 0.25) is 0 Å². The first kappa shape index (κ1) is 18.9. The number of likely N-dealkylation sites (tertiary alicyclic amines) is 1. The predicted molar refractivity (Wildman–Crippen MR) is 102 cm³/mol. The molecule has 3 atom stereocenters. The van der Waals surface area contributed by atoms with Gasteiger partial charge in [-0.3, -0.25) is 9.59 Å². The van der Waals surface area contributed by atoms with E-state index in [1.807, 2.05) is 30.0 Å². The number of ether oxygens (including phenoxy) is 1. The lowest BCUT2D eigenvalue weighted by Crippen LogP contribution is -2.42. The molecule has 2 aliphatic rings. The molecule has 2 saturated heterocycles. The van der Waals surface area contributed by atoms with Crippen molar-refractivity contribution in [1.29, 1.82) is 0 Å². The molecule has 0 spiro atoms. The Morgan fingerprint density at radius 3 is 2.62 bits per heavy atom. The molecule has 0 aliphatic carbocycles. The van der Waals surface area contributed by atoms with Gasteiger partial charge in [0.25, 0.3) is 5.91 Å². The highest BCUT2D eigenvalue weighted by Crippen LogP contribution is 2.25. The number of carbonyl (C=O) groups excluding carboxylic acids is 2. The Kier molecular flexibility index (Phi) is 5.97. The van der Waals surface area contributed by atoms with Gasteiger partial charge in [0.05, 0.1) is 12.5 Å². The van der Waals surface area contributed by atoms with Crippen LogP contribution >= 0.6 is 0 Å². The van der Waals surface area contributed by atoms with E-state index in [1.54, 1.807) is 0 Å². The predicted octanol–water partition coefficient (Wildman–Crippen LogP) is 3.62. The van der Waals surface area contributed by atoms with Crippen molar-refractivity contribution >= 4 is 17.5 Å². The lowest BCUT2D eigenvalue weighted by Gasteiger charge is -2.35. The van der Waals surface area contributed by atoms with Gasteiger partial charge in [-0.1, -0.05) is 19.9 Å². The number of rotatable bonds is 4. The lowest BCUT2D eigenvalue weighted by molar-refractivity contribution is -0.118. The number of nitrogens with one attached hydrogen (secondary N) is 1. The highest BCUT2D eigenvalue weighted by atomic mass is 16.5. The summed E-state index contributed by atoms with van der Waals surface area (Å²) in [5.74, 6) is 1.06. The summed E-state index contributed by atoms with van der Waals surface area (Å²) in [6.45, 7) is 8.69. The van der Waals surface area contributed by atoms with Crippen molar-refractivity contribution in [3.05, 3.63) is 29.3 Å². The van der Waals surface area contributed by atoms with Gasteiger partial charge in [-0.25, -0.2) is 0 Å². The summed E-state index contributed by atoms with van der Waals surface area (Å²) in [6.07, 6.45) is 3.53. The largest absolute Gasteiger partial charge is 0.378 e. The Morgan fingerprint density at radius 1 is 1.23 bits per heavy atom. The molecule has 0 aromatic heterocycles. The number of anilines is 1. The second-order valence-corrected chi connectivity index (χ2v) is 8.07. The van der Waals surface area contributed by atoms with E-state index in [0.717, 1.165) is 43.8 Å². The number of aryl methyl sites for hydroxylation is 1. The third-order valence-electron chi connectivity index (χ3n) is 5.35. The van der Waals surface area contributed by atoms with Crippen LogP contribution in [0.4, 0.5) is 5.69 Å². The third kappa shape index (κ3) is 4.64.